The summed E-state index contributed by atoms with van der Waals surface area (Å²) in [5.41, 5.74) is 10.6. The zero-order chi connectivity index (χ0) is 36.3. The van der Waals surface area contributed by atoms with Crippen molar-refractivity contribution >= 4 is 90.9 Å². The molecule has 0 saturated heterocycles. The molecule has 0 aliphatic carbocycles. The molecule has 0 atom stereocenters. The van der Waals surface area contributed by atoms with E-state index in [1.54, 1.807) is 0 Å². The van der Waals surface area contributed by atoms with Crippen LogP contribution in [0.5, 0.6) is 0 Å². The lowest BCUT2D eigenvalue weighted by Gasteiger charge is -2.27. The van der Waals surface area contributed by atoms with Crippen LogP contribution < -0.4 is 4.90 Å². The van der Waals surface area contributed by atoms with Crippen LogP contribution in [0.3, 0.4) is 0 Å². The highest BCUT2D eigenvalue weighted by Gasteiger charge is 2.16. The van der Waals surface area contributed by atoms with Gasteiger partial charge in [0, 0.05) is 57.4 Å². The Labute approximate surface area is 327 Å². The standard InChI is InChI=1S/C52H33NS2/c1-2-10-36-29-39(20-19-34(36)9-1)37-11-7-13-43(30-37)53(42-25-21-35(22-26-42)41-23-27-47-45-15-3-5-17-49(45)55-52(47)33-41)44-14-8-12-38(31-44)40-24-28-51-48(32-40)46-16-4-6-18-50(46)54-51/h1-33H. The second-order valence-electron chi connectivity index (χ2n) is 14.2. The zero-order valence-electron chi connectivity index (χ0n) is 29.8. The maximum Gasteiger partial charge on any atom is 0.0467 e. The van der Waals surface area contributed by atoms with Crippen molar-refractivity contribution in [3.8, 4) is 33.4 Å². The van der Waals surface area contributed by atoms with Gasteiger partial charge >= 0.3 is 0 Å². The summed E-state index contributed by atoms with van der Waals surface area (Å²) in [6.07, 6.45) is 0. The summed E-state index contributed by atoms with van der Waals surface area (Å²) in [6, 6.07) is 73.6. The van der Waals surface area contributed by atoms with Crippen molar-refractivity contribution in [1.82, 2.24) is 0 Å². The zero-order valence-corrected chi connectivity index (χ0v) is 31.4. The van der Waals surface area contributed by atoms with E-state index >= 15 is 0 Å². The van der Waals surface area contributed by atoms with Crippen molar-refractivity contribution in [1.29, 1.82) is 0 Å². The summed E-state index contributed by atoms with van der Waals surface area (Å²) in [7, 11) is 0. The van der Waals surface area contributed by atoms with Crippen molar-refractivity contribution in [2.75, 3.05) is 4.90 Å². The Morgan fingerprint density at radius 2 is 0.764 bits per heavy atom. The lowest BCUT2D eigenvalue weighted by atomic mass is 9.99. The molecule has 0 bridgehead atoms. The van der Waals surface area contributed by atoms with E-state index in [1.807, 2.05) is 22.7 Å². The van der Waals surface area contributed by atoms with Gasteiger partial charge in [0.25, 0.3) is 0 Å². The number of anilines is 3. The normalized spacial score (nSPS) is 11.6. The van der Waals surface area contributed by atoms with Crippen LogP contribution in [0.2, 0.25) is 0 Å². The minimum Gasteiger partial charge on any atom is -0.310 e. The maximum atomic E-state index is 2.39. The van der Waals surface area contributed by atoms with Crippen molar-refractivity contribution in [2.24, 2.45) is 0 Å². The number of hydrogen-bond acceptors (Lipinski definition) is 3. The number of fused-ring (bicyclic) bond motifs is 7. The van der Waals surface area contributed by atoms with Crippen molar-refractivity contribution < 1.29 is 0 Å². The Balaban J connectivity index is 1.02. The van der Waals surface area contributed by atoms with Crippen molar-refractivity contribution in [2.45, 2.75) is 0 Å². The van der Waals surface area contributed by atoms with Gasteiger partial charge in [-0.3, -0.25) is 0 Å². The predicted molar refractivity (Wildman–Crippen MR) is 241 cm³/mol. The van der Waals surface area contributed by atoms with Crippen molar-refractivity contribution in [3.05, 3.63) is 200 Å². The quantitative estimate of drug-likeness (QED) is 0.164. The fraction of sp³-hybridized carbons (Fsp3) is 0. The van der Waals surface area contributed by atoms with Crippen LogP contribution in [0.15, 0.2) is 200 Å². The second-order valence-corrected chi connectivity index (χ2v) is 16.3. The highest BCUT2D eigenvalue weighted by atomic mass is 32.1. The number of nitrogens with zero attached hydrogens (tertiary/aromatic N) is 1. The fourth-order valence-electron chi connectivity index (χ4n) is 8.08. The smallest absolute Gasteiger partial charge is 0.0467 e. The minimum atomic E-state index is 1.11. The van der Waals surface area contributed by atoms with E-state index in [0.717, 1.165) is 17.1 Å². The van der Waals surface area contributed by atoms with E-state index in [4.69, 9.17) is 0 Å². The van der Waals surface area contributed by atoms with E-state index in [0.29, 0.717) is 0 Å². The molecule has 0 spiro atoms. The highest BCUT2D eigenvalue weighted by Crippen LogP contribution is 2.42. The number of thiophene rings is 2. The van der Waals surface area contributed by atoms with Crippen LogP contribution in [0.4, 0.5) is 17.1 Å². The summed E-state index contributed by atoms with van der Waals surface area (Å²) in [5.74, 6) is 0. The molecule has 0 aliphatic heterocycles. The third-order valence-corrected chi connectivity index (χ3v) is 13.1. The van der Waals surface area contributed by atoms with Gasteiger partial charge in [0.1, 0.15) is 0 Å². The maximum absolute atomic E-state index is 2.39. The Kier molecular flexibility index (Phi) is 7.61. The lowest BCUT2D eigenvalue weighted by Crippen LogP contribution is -2.10. The number of hydrogen-bond donors (Lipinski definition) is 0. The van der Waals surface area contributed by atoms with Gasteiger partial charge in [0.15, 0.2) is 0 Å². The first kappa shape index (κ1) is 32.0. The van der Waals surface area contributed by atoms with Crippen LogP contribution in [-0.2, 0) is 0 Å². The van der Waals surface area contributed by atoms with Crippen LogP contribution in [0.1, 0.15) is 0 Å². The van der Waals surface area contributed by atoms with Gasteiger partial charge in [-0.05, 0) is 117 Å². The Hall–Kier alpha value is -6.52. The molecule has 1 nitrogen and oxygen atoms in total. The minimum absolute atomic E-state index is 1.11. The second kappa shape index (κ2) is 13.1. The van der Waals surface area contributed by atoms with Gasteiger partial charge in [-0.2, -0.15) is 0 Å². The van der Waals surface area contributed by atoms with Gasteiger partial charge < -0.3 is 4.90 Å². The van der Waals surface area contributed by atoms with E-state index in [9.17, 15) is 0 Å². The van der Waals surface area contributed by atoms with Crippen molar-refractivity contribution in [3.63, 3.8) is 0 Å². The molecule has 11 aromatic rings. The number of benzene rings is 9. The molecule has 0 unspecified atom stereocenters. The van der Waals surface area contributed by atoms with E-state index in [1.165, 1.54) is 84.5 Å². The molecule has 0 saturated carbocycles. The molecule has 0 radical (unpaired) electrons. The summed E-state index contributed by atoms with van der Waals surface area (Å²) in [6.45, 7) is 0. The van der Waals surface area contributed by atoms with Gasteiger partial charge in [-0.15, -0.1) is 22.7 Å². The Morgan fingerprint density at radius 1 is 0.255 bits per heavy atom. The molecule has 0 aliphatic rings. The third-order valence-electron chi connectivity index (χ3n) is 10.8. The molecule has 2 aromatic heterocycles. The lowest BCUT2D eigenvalue weighted by molar-refractivity contribution is 1.28. The molecular formula is C52H33NS2. The van der Waals surface area contributed by atoms with Crippen LogP contribution >= 0.6 is 22.7 Å². The van der Waals surface area contributed by atoms with Crippen LogP contribution in [-0.4, -0.2) is 0 Å². The summed E-state index contributed by atoms with van der Waals surface area (Å²) in [4.78, 5) is 2.39. The molecule has 3 heteroatoms. The Bertz CT molecular complexity index is 3220. The fourth-order valence-corrected chi connectivity index (χ4v) is 10.3. The molecule has 11 rings (SSSR count). The molecule has 9 aromatic carbocycles. The third kappa shape index (κ3) is 5.68. The molecule has 2 heterocycles. The van der Waals surface area contributed by atoms with Crippen LogP contribution in [0, 0.1) is 0 Å². The largest absolute Gasteiger partial charge is 0.310 e. The average Bonchev–Trinajstić information content (AvgIpc) is 3.82. The van der Waals surface area contributed by atoms with Gasteiger partial charge in [0.05, 0.1) is 0 Å². The molecule has 0 amide bonds. The summed E-state index contributed by atoms with van der Waals surface area (Å²) >= 11 is 3.73. The summed E-state index contributed by atoms with van der Waals surface area (Å²) < 4.78 is 5.30. The van der Waals surface area contributed by atoms with Gasteiger partial charge in [0.2, 0.25) is 0 Å². The highest BCUT2D eigenvalue weighted by molar-refractivity contribution is 7.26. The van der Waals surface area contributed by atoms with Gasteiger partial charge in [-0.1, -0.05) is 127 Å². The molecule has 0 fully saturated rings. The van der Waals surface area contributed by atoms with E-state index in [-0.39, 0.29) is 0 Å². The predicted octanol–water partition coefficient (Wildman–Crippen LogP) is 16.0. The SMILES string of the molecule is c1cc(-c2ccc3ccccc3c2)cc(N(c2ccc(-c3ccc4c(c3)sc3ccccc34)cc2)c2cccc(-c3ccc4sc5ccccc5c4c3)c2)c1. The topological polar surface area (TPSA) is 3.24 Å². The molecule has 0 N–H and O–H groups in total. The average molecular weight is 736 g/mol. The molecular weight excluding hydrogens is 703 g/mol. The number of rotatable bonds is 6. The van der Waals surface area contributed by atoms with E-state index in [2.05, 4.69) is 205 Å². The Morgan fingerprint density at radius 3 is 1.51 bits per heavy atom. The first-order valence-corrected chi connectivity index (χ1v) is 20.3. The molecule has 55 heavy (non-hydrogen) atoms. The first-order valence-electron chi connectivity index (χ1n) is 18.6. The summed E-state index contributed by atoms with van der Waals surface area (Å²) in [5, 5.41) is 7.78. The molecule has 258 valence electrons. The monoisotopic (exact) mass is 735 g/mol. The van der Waals surface area contributed by atoms with E-state index < -0.39 is 0 Å². The van der Waals surface area contributed by atoms with Gasteiger partial charge in [-0.25, -0.2) is 0 Å². The van der Waals surface area contributed by atoms with Crippen LogP contribution in [0.25, 0.3) is 84.5 Å². The first-order chi connectivity index (χ1) is 27.2.